The molecule has 1 aliphatic rings. The lowest BCUT2D eigenvalue weighted by Crippen LogP contribution is -2.52. The Hall–Kier alpha value is -2.61. The van der Waals surface area contributed by atoms with E-state index in [1.807, 2.05) is 30.3 Å². The Morgan fingerprint density at radius 2 is 2.12 bits per heavy atom. The highest BCUT2D eigenvalue weighted by Crippen LogP contribution is 2.49. The van der Waals surface area contributed by atoms with Gasteiger partial charge < -0.3 is 5.11 Å². The molecule has 0 aliphatic heterocycles. The van der Waals surface area contributed by atoms with Crippen LogP contribution in [0.5, 0.6) is 0 Å². The quantitative estimate of drug-likeness (QED) is 0.763. The minimum Gasteiger partial charge on any atom is -0.479 e. The maximum atomic E-state index is 11.9. The monoisotopic (exact) mass is 341 g/mol. The summed E-state index contributed by atoms with van der Waals surface area (Å²) >= 11 is 1.51. The predicted octanol–water partition coefficient (Wildman–Crippen LogP) is 2.08. The highest BCUT2D eigenvalue weighted by molar-refractivity contribution is 7.09. The predicted molar refractivity (Wildman–Crippen MR) is 86.8 cm³/mol. The van der Waals surface area contributed by atoms with Crippen LogP contribution in [0.4, 0.5) is 0 Å². The van der Waals surface area contributed by atoms with E-state index in [1.54, 1.807) is 11.7 Å². The van der Waals surface area contributed by atoms with Crippen molar-refractivity contribution in [3.63, 3.8) is 0 Å². The zero-order valence-electron chi connectivity index (χ0n) is 12.7. The van der Waals surface area contributed by atoms with Crippen molar-refractivity contribution in [2.24, 2.45) is 0 Å². The van der Waals surface area contributed by atoms with Crippen LogP contribution in [0, 0.1) is 0 Å². The third kappa shape index (κ3) is 2.48. The van der Waals surface area contributed by atoms with Crippen molar-refractivity contribution >= 4 is 17.3 Å². The summed E-state index contributed by atoms with van der Waals surface area (Å²) < 4.78 is 0. The number of nitrogens with zero attached hydrogens (tertiary/aromatic N) is 5. The molecule has 0 saturated heterocycles. The van der Waals surface area contributed by atoms with Crippen molar-refractivity contribution in [3.8, 4) is 0 Å². The fraction of sp³-hybridized carbons (Fsp3) is 0.312. The molecule has 1 N–H and O–H groups in total. The van der Waals surface area contributed by atoms with Gasteiger partial charge in [-0.1, -0.05) is 30.3 Å². The van der Waals surface area contributed by atoms with E-state index >= 15 is 0 Å². The van der Waals surface area contributed by atoms with E-state index in [9.17, 15) is 9.90 Å². The molecule has 1 fully saturated rings. The van der Waals surface area contributed by atoms with Crippen LogP contribution in [-0.4, -0.2) is 36.3 Å². The van der Waals surface area contributed by atoms with Crippen LogP contribution >= 0.6 is 11.3 Å². The second-order valence-corrected chi connectivity index (χ2v) is 6.96. The first-order valence-electron chi connectivity index (χ1n) is 7.62. The fourth-order valence-corrected chi connectivity index (χ4v) is 3.71. The number of thiazole rings is 1. The van der Waals surface area contributed by atoms with Gasteiger partial charge in [0.15, 0.2) is 11.4 Å². The molecule has 1 saturated carbocycles. The summed E-state index contributed by atoms with van der Waals surface area (Å²) in [6, 6.07) is 9.95. The molecular formula is C16H15N5O2S. The van der Waals surface area contributed by atoms with Crippen LogP contribution in [0.15, 0.2) is 42.0 Å². The molecule has 122 valence electrons. The average Bonchev–Trinajstić information content (AvgIpc) is 3.20. The van der Waals surface area contributed by atoms with Crippen LogP contribution in [0.1, 0.15) is 35.0 Å². The van der Waals surface area contributed by atoms with Gasteiger partial charge in [-0.15, -0.1) is 26.3 Å². The lowest BCUT2D eigenvalue weighted by molar-refractivity contribution is -0.155. The minimum atomic E-state index is -1.10. The van der Waals surface area contributed by atoms with Gasteiger partial charge in [0.25, 0.3) is 0 Å². The zero-order chi connectivity index (χ0) is 16.6. The van der Waals surface area contributed by atoms with E-state index in [1.165, 1.54) is 16.1 Å². The summed E-state index contributed by atoms with van der Waals surface area (Å²) in [4.78, 5) is 18.2. The van der Waals surface area contributed by atoms with Crippen molar-refractivity contribution in [2.45, 2.75) is 30.7 Å². The van der Waals surface area contributed by atoms with Gasteiger partial charge in [0, 0.05) is 17.5 Å². The van der Waals surface area contributed by atoms with E-state index in [-0.39, 0.29) is 5.92 Å². The van der Waals surface area contributed by atoms with Gasteiger partial charge in [0.1, 0.15) is 0 Å². The summed E-state index contributed by atoms with van der Waals surface area (Å²) in [7, 11) is 0. The number of carboxylic acid groups (broad SMARTS) is 1. The Bertz CT molecular complexity index is 841. The van der Waals surface area contributed by atoms with Crippen molar-refractivity contribution in [1.82, 2.24) is 25.2 Å². The largest absolute Gasteiger partial charge is 0.479 e. The Labute approximate surface area is 142 Å². The topological polar surface area (TPSA) is 93.8 Å². The molecule has 7 nitrogen and oxygen atoms in total. The lowest BCUT2D eigenvalue weighted by Gasteiger charge is -2.43. The number of aliphatic carboxylic acids is 1. The Balaban J connectivity index is 1.55. The van der Waals surface area contributed by atoms with Crippen molar-refractivity contribution in [1.29, 1.82) is 0 Å². The number of hydrogen-bond acceptors (Lipinski definition) is 6. The van der Waals surface area contributed by atoms with Gasteiger partial charge in [-0.2, -0.15) is 0 Å². The SMILES string of the molecule is O=C(O)C1(n2nnc(Cc3cncs3)n2)CC(c2ccccc2)C1. The molecule has 2 aromatic heterocycles. The lowest BCUT2D eigenvalue weighted by atomic mass is 9.66. The second kappa shape index (κ2) is 5.79. The first-order valence-corrected chi connectivity index (χ1v) is 8.50. The van der Waals surface area contributed by atoms with Crippen LogP contribution in [-0.2, 0) is 16.8 Å². The zero-order valence-corrected chi connectivity index (χ0v) is 13.6. The van der Waals surface area contributed by atoms with E-state index < -0.39 is 11.5 Å². The summed E-state index contributed by atoms with van der Waals surface area (Å²) in [6.45, 7) is 0. The normalized spacial score (nSPS) is 22.9. The van der Waals surface area contributed by atoms with Crippen molar-refractivity contribution in [2.75, 3.05) is 0 Å². The molecule has 0 radical (unpaired) electrons. The van der Waals surface area contributed by atoms with Crippen molar-refractivity contribution in [3.05, 3.63) is 58.3 Å². The van der Waals surface area contributed by atoms with Crippen LogP contribution in [0.25, 0.3) is 0 Å². The molecule has 1 aliphatic carbocycles. The molecule has 0 unspecified atom stereocenters. The summed E-state index contributed by atoms with van der Waals surface area (Å²) in [5.74, 6) is -0.183. The van der Waals surface area contributed by atoms with E-state index in [2.05, 4.69) is 20.4 Å². The number of carbonyl (C=O) groups is 1. The Kier molecular flexibility index (Phi) is 3.61. The highest BCUT2D eigenvalue weighted by atomic mass is 32.1. The number of rotatable bonds is 5. The van der Waals surface area contributed by atoms with Gasteiger partial charge in [-0.25, -0.2) is 4.79 Å². The molecule has 1 aromatic carbocycles. The minimum absolute atomic E-state index is 0.207. The third-order valence-electron chi connectivity index (χ3n) is 4.49. The van der Waals surface area contributed by atoms with Crippen LogP contribution in [0.3, 0.4) is 0 Å². The number of carboxylic acids is 1. The average molecular weight is 341 g/mol. The third-order valence-corrected chi connectivity index (χ3v) is 5.27. The first kappa shape index (κ1) is 14.9. The standard InChI is InChI=1S/C16H15N5O2S/c22-15(23)16(7-12(8-16)11-4-2-1-3-5-11)21-19-14(18-20-21)6-13-9-17-10-24-13/h1-5,9-10,12H,6-8H2,(H,22,23). The molecule has 8 heteroatoms. The smallest absolute Gasteiger partial charge is 0.333 e. The molecule has 0 atom stereocenters. The number of aromatic nitrogens is 5. The van der Waals surface area contributed by atoms with Gasteiger partial charge in [0.2, 0.25) is 0 Å². The maximum absolute atomic E-state index is 11.9. The van der Waals surface area contributed by atoms with Gasteiger partial charge in [-0.3, -0.25) is 4.98 Å². The molecule has 0 spiro atoms. The van der Waals surface area contributed by atoms with E-state index in [0.29, 0.717) is 25.1 Å². The highest BCUT2D eigenvalue weighted by Gasteiger charge is 2.54. The van der Waals surface area contributed by atoms with Crippen molar-refractivity contribution < 1.29 is 9.90 Å². The number of benzene rings is 1. The number of tetrazole rings is 1. The maximum Gasteiger partial charge on any atom is 0.333 e. The second-order valence-electron chi connectivity index (χ2n) is 5.99. The molecule has 4 rings (SSSR count). The summed E-state index contributed by atoms with van der Waals surface area (Å²) in [5.41, 5.74) is 1.80. The Morgan fingerprint density at radius 3 is 2.79 bits per heavy atom. The van der Waals surface area contributed by atoms with E-state index in [0.717, 1.165) is 10.4 Å². The van der Waals surface area contributed by atoms with Gasteiger partial charge in [0.05, 0.1) is 5.51 Å². The van der Waals surface area contributed by atoms with E-state index in [4.69, 9.17) is 0 Å². The molecule has 0 bridgehead atoms. The van der Waals surface area contributed by atoms with Gasteiger partial charge in [-0.05, 0) is 29.5 Å². The summed E-state index contributed by atoms with van der Waals surface area (Å²) in [5, 5.41) is 22.1. The molecule has 2 heterocycles. The molecule has 3 aromatic rings. The van der Waals surface area contributed by atoms with Crippen LogP contribution < -0.4 is 0 Å². The fourth-order valence-electron chi connectivity index (χ4n) is 3.12. The molecule has 24 heavy (non-hydrogen) atoms. The van der Waals surface area contributed by atoms with Gasteiger partial charge >= 0.3 is 5.97 Å². The molecule has 0 amide bonds. The number of hydrogen-bond donors (Lipinski definition) is 1. The Morgan fingerprint density at radius 1 is 1.33 bits per heavy atom. The van der Waals surface area contributed by atoms with Crippen LogP contribution in [0.2, 0.25) is 0 Å². The summed E-state index contributed by atoms with van der Waals surface area (Å²) in [6.07, 6.45) is 3.22. The molecular weight excluding hydrogens is 326 g/mol. The first-order chi connectivity index (χ1) is 11.7.